The molecule has 1 heterocycles. The van der Waals surface area contributed by atoms with Gasteiger partial charge in [0.1, 0.15) is 6.17 Å². The smallest absolute Gasteiger partial charge is 0.103 e. The van der Waals surface area contributed by atoms with Gasteiger partial charge in [-0.25, -0.2) is 8.70 Å². The molecule has 0 spiro atoms. The van der Waals surface area contributed by atoms with E-state index < -0.39 is 6.17 Å². The third-order valence-electron chi connectivity index (χ3n) is 1.50. The Balaban J connectivity index is 2.18. The molecule has 0 bridgehead atoms. The summed E-state index contributed by atoms with van der Waals surface area (Å²) in [6.07, 6.45) is 0.780. The summed E-state index contributed by atoms with van der Waals surface area (Å²) in [5.41, 5.74) is 0. The molecule has 1 rings (SSSR count). The summed E-state index contributed by atoms with van der Waals surface area (Å²) in [7, 11) is 1.41. The Morgan fingerprint density at radius 3 is 2.44 bits per heavy atom. The van der Waals surface area contributed by atoms with Gasteiger partial charge in [-0.15, -0.1) is 0 Å². The molecule has 1 aliphatic rings. The van der Waals surface area contributed by atoms with Crippen molar-refractivity contribution in [1.29, 1.82) is 0 Å². The van der Waals surface area contributed by atoms with Crippen molar-refractivity contribution in [1.82, 2.24) is 4.31 Å². The maximum absolute atomic E-state index is 12.4. The van der Waals surface area contributed by atoms with Crippen LogP contribution in [0.3, 0.4) is 0 Å². The standard InChI is InChI=1S/C5H10FNS2/c6-5-1-3-7(9-8)4-2-5/h5,8H,1-4H2. The Kier molecular flexibility index (Phi) is 3.15. The van der Waals surface area contributed by atoms with Crippen molar-refractivity contribution < 1.29 is 4.39 Å². The third kappa shape index (κ3) is 2.35. The Hall–Kier alpha value is 0.590. The number of hydrogen-bond acceptors (Lipinski definition) is 3. The van der Waals surface area contributed by atoms with Crippen molar-refractivity contribution in [3.63, 3.8) is 0 Å². The molecule has 1 nitrogen and oxygen atoms in total. The molecule has 0 amide bonds. The second-order valence-corrected chi connectivity index (χ2v) is 3.35. The molecule has 54 valence electrons. The molecule has 1 aliphatic heterocycles. The number of halogens is 1. The van der Waals surface area contributed by atoms with Crippen LogP contribution in [0.25, 0.3) is 0 Å². The predicted molar refractivity (Wildman–Crippen MR) is 42.3 cm³/mol. The van der Waals surface area contributed by atoms with E-state index in [9.17, 15) is 4.39 Å². The van der Waals surface area contributed by atoms with Gasteiger partial charge in [0.15, 0.2) is 0 Å². The van der Waals surface area contributed by atoms with Gasteiger partial charge >= 0.3 is 0 Å². The van der Waals surface area contributed by atoms with Gasteiger partial charge in [0.05, 0.1) is 0 Å². The van der Waals surface area contributed by atoms with Crippen molar-refractivity contribution in [3.05, 3.63) is 0 Å². The number of piperidine rings is 1. The van der Waals surface area contributed by atoms with E-state index in [1.807, 2.05) is 0 Å². The number of nitrogens with zero attached hydrogens (tertiary/aromatic N) is 1. The molecule has 1 saturated heterocycles. The maximum Gasteiger partial charge on any atom is 0.103 e. The van der Waals surface area contributed by atoms with E-state index in [4.69, 9.17) is 0 Å². The minimum absolute atomic E-state index is 0.568. The molecule has 0 atom stereocenters. The first-order valence-electron chi connectivity index (χ1n) is 3.03. The minimum Gasteiger partial charge on any atom is -0.247 e. The first-order chi connectivity index (χ1) is 4.33. The van der Waals surface area contributed by atoms with Crippen LogP contribution in [0.4, 0.5) is 4.39 Å². The van der Waals surface area contributed by atoms with E-state index in [-0.39, 0.29) is 0 Å². The summed E-state index contributed by atoms with van der Waals surface area (Å²) in [4.78, 5) is 0. The largest absolute Gasteiger partial charge is 0.247 e. The fourth-order valence-corrected chi connectivity index (χ4v) is 1.77. The van der Waals surface area contributed by atoms with Crippen molar-refractivity contribution in [2.45, 2.75) is 19.0 Å². The number of thiol groups is 1. The average molecular weight is 167 g/mol. The summed E-state index contributed by atoms with van der Waals surface area (Å²) >= 11 is 4.01. The van der Waals surface area contributed by atoms with Crippen LogP contribution in [0.1, 0.15) is 12.8 Å². The summed E-state index contributed by atoms with van der Waals surface area (Å²) in [5.74, 6) is 0. The van der Waals surface area contributed by atoms with E-state index >= 15 is 0 Å². The van der Waals surface area contributed by atoms with Crippen LogP contribution in [0.5, 0.6) is 0 Å². The summed E-state index contributed by atoms with van der Waals surface area (Å²) in [6.45, 7) is 1.69. The highest BCUT2D eigenvalue weighted by Gasteiger charge is 2.17. The lowest BCUT2D eigenvalue weighted by molar-refractivity contribution is 0.220. The first kappa shape index (κ1) is 7.69. The lowest BCUT2D eigenvalue weighted by atomic mass is 10.1. The third-order valence-corrected chi connectivity index (χ3v) is 2.79. The van der Waals surface area contributed by atoms with Gasteiger partial charge in [0, 0.05) is 13.1 Å². The second-order valence-electron chi connectivity index (χ2n) is 2.19. The van der Waals surface area contributed by atoms with Crippen LogP contribution in [-0.4, -0.2) is 23.6 Å². The Bertz CT molecular complexity index is 83.0. The molecule has 0 aliphatic carbocycles. The quantitative estimate of drug-likeness (QED) is 0.361. The van der Waals surface area contributed by atoms with Crippen molar-refractivity contribution in [3.8, 4) is 0 Å². The molecule has 0 aromatic carbocycles. The normalized spacial score (nSPS) is 24.7. The van der Waals surface area contributed by atoms with E-state index in [1.54, 1.807) is 0 Å². The van der Waals surface area contributed by atoms with Crippen LogP contribution in [0, 0.1) is 0 Å². The highest BCUT2D eigenvalue weighted by molar-refractivity contribution is 8.67. The van der Waals surface area contributed by atoms with Crippen molar-refractivity contribution >= 4 is 22.6 Å². The first-order valence-corrected chi connectivity index (χ1v) is 4.86. The highest BCUT2D eigenvalue weighted by Crippen LogP contribution is 2.21. The molecule has 9 heavy (non-hydrogen) atoms. The van der Waals surface area contributed by atoms with Gasteiger partial charge < -0.3 is 0 Å². The molecule has 0 radical (unpaired) electrons. The van der Waals surface area contributed by atoms with Gasteiger partial charge in [-0.3, -0.25) is 0 Å². The summed E-state index contributed by atoms with van der Waals surface area (Å²) in [6, 6.07) is 0. The molecule has 0 aromatic rings. The lowest BCUT2D eigenvalue weighted by Gasteiger charge is -2.24. The van der Waals surface area contributed by atoms with Gasteiger partial charge in [0.2, 0.25) is 0 Å². The molecule has 1 fully saturated rings. The average Bonchev–Trinajstić information content (AvgIpc) is 1.90. The second kappa shape index (κ2) is 3.68. The SMILES string of the molecule is FC1CCN(SS)CC1. The molecule has 0 aromatic heterocycles. The Labute approximate surface area is 63.9 Å². The maximum atomic E-state index is 12.4. The van der Waals surface area contributed by atoms with Gasteiger partial charge in [-0.1, -0.05) is 11.7 Å². The van der Waals surface area contributed by atoms with Gasteiger partial charge in [0.25, 0.3) is 0 Å². The molecule has 0 unspecified atom stereocenters. The van der Waals surface area contributed by atoms with Gasteiger partial charge in [-0.05, 0) is 23.8 Å². The highest BCUT2D eigenvalue weighted by atomic mass is 33.1. The number of hydrogen-bond donors (Lipinski definition) is 1. The molecule has 0 N–H and O–H groups in total. The number of alkyl halides is 1. The van der Waals surface area contributed by atoms with E-state index in [1.165, 1.54) is 11.0 Å². The molecule has 4 heteroatoms. The predicted octanol–water partition coefficient (Wildman–Crippen LogP) is 1.91. The summed E-state index contributed by atoms with van der Waals surface area (Å²) < 4.78 is 14.5. The van der Waals surface area contributed by atoms with Crippen LogP contribution in [-0.2, 0) is 0 Å². The molecular weight excluding hydrogens is 157 g/mol. The van der Waals surface area contributed by atoms with Crippen LogP contribution in [0.2, 0.25) is 0 Å². The zero-order valence-electron chi connectivity index (χ0n) is 5.09. The van der Waals surface area contributed by atoms with E-state index in [2.05, 4.69) is 16.0 Å². The van der Waals surface area contributed by atoms with Crippen LogP contribution < -0.4 is 0 Å². The monoisotopic (exact) mass is 167 g/mol. The zero-order chi connectivity index (χ0) is 6.69. The molecular formula is C5H10FNS2. The van der Waals surface area contributed by atoms with Crippen molar-refractivity contribution in [2.75, 3.05) is 13.1 Å². The zero-order valence-corrected chi connectivity index (χ0v) is 6.80. The lowest BCUT2D eigenvalue weighted by Crippen LogP contribution is -2.28. The van der Waals surface area contributed by atoms with Crippen LogP contribution in [0.15, 0.2) is 0 Å². The number of rotatable bonds is 1. The van der Waals surface area contributed by atoms with Gasteiger partial charge in [-0.2, -0.15) is 0 Å². The fourth-order valence-electron chi connectivity index (χ4n) is 0.906. The fraction of sp³-hybridized carbons (Fsp3) is 1.00. The molecule has 0 saturated carbocycles. The van der Waals surface area contributed by atoms with E-state index in [0.29, 0.717) is 12.8 Å². The Morgan fingerprint density at radius 1 is 1.44 bits per heavy atom. The summed E-state index contributed by atoms with van der Waals surface area (Å²) in [5, 5.41) is 0. The minimum atomic E-state index is -0.568. The van der Waals surface area contributed by atoms with E-state index in [0.717, 1.165) is 13.1 Å². The topological polar surface area (TPSA) is 3.24 Å². The Morgan fingerprint density at radius 2 is 2.00 bits per heavy atom. The van der Waals surface area contributed by atoms with Crippen molar-refractivity contribution in [2.24, 2.45) is 0 Å². The van der Waals surface area contributed by atoms with Crippen LogP contribution >= 0.6 is 22.6 Å².